The Morgan fingerprint density at radius 1 is 1.00 bits per heavy atom. The van der Waals surface area contributed by atoms with Crippen LogP contribution in [0.5, 0.6) is 0 Å². The Kier molecular flexibility index (Phi) is 6.55. The van der Waals surface area contributed by atoms with Crippen molar-refractivity contribution in [3.63, 3.8) is 0 Å². The molecule has 2 aromatic rings. The number of rotatable bonds is 7. The number of benzene rings is 2. The number of aryl methyl sites for hydroxylation is 1. The first-order chi connectivity index (χ1) is 12.9. The van der Waals surface area contributed by atoms with Gasteiger partial charge in [-0.3, -0.25) is 4.79 Å². The third kappa shape index (κ3) is 4.72. The van der Waals surface area contributed by atoms with Gasteiger partial charge in [0.15, 0.2) is 0 Å². The van der Waals surface area contributed by atoms with Gasteiger partial charge in [0, 0.05) is 5.02 Å². The molecule has 0 radical (unpaired) electrons. The van der Waals surface area contributed by atoms with Gasteiger partial charge in [-0.15, -0.1) is 0 Å². The quantitative estimate of drug-likeness (QED) is 0.676. The van der Waals surface area contributed by atoms with Crippen LogP contribution < -0.4 is 4.72 Å². The Balaban J connectivity index is 2.53. The van der Waals surface area contributed by atoms with Crippen molar-refractivity contribution in [2.75, 3.05) is 0 Å². The average molecular weight is 446 g/mol. The summed E-state index contributed by atoms with van der Waals surface area (Å²) in [6, 6.07) is 7.83. The molecule has 7 nitrogen and oxygen atoms in total. The second-order valence-corrected chi connectivity index (χ2v) is 10.6. The van der Waals surface area contributed by atoms with E-state index in [1.807, 2.05) is 0 Å². The third-order valence-electron chi connectivity index (χ3n) is 4.10. The Bertz CT molecular complexity index is 1090. The number of hydrogen-bond donors (Lipinski definition) is 2. The standard InChI is InChI=1S/C18H20ClNO6S2/c1-11(2)17(18(21)22)20-28(25,26)16-10-15(7-4-12(16)3)27(23,24)14-8-5-13(19)6-9-14/h4-11,17,20H,1-3H3,(H,21,22)/t17-/m0/s1. The summed E-state index contributed by atoms with van der Waals surface area (Å²) in [4.78, 5) is 10.8. The summed E-state index contributed by atoms with van der Waals surface area (Å²) < 4.78 is 53.3. The summed E-state index contributed by atoms with van der Waals surface area (Å²) in [7, 11) is -8.25. The minimum absolute atomic E-state index is 0.0392. The van der Waals surface area contributed by atoms with Crippen molar-refractivity contribution < 1.29 is 26.7 Å². The smallest absolute Gasteiger partial charge is 0.322 e. The van der Waals surface area contributed by atoms with Crippen LogP contribution in [0, 0.1) is 12.8 Å². The number of aliphatic carboxylic acids is 1. The van der Waals surface area contributed by atoms with E-state index in [0.717, 1.165) is 6.07 Å². The predicted octanol–water partition coefficient (Wildman–Crippen LogP) is 2.87. The van der Waals surface area contributed by atoms with Gasteiger partial charge in [0.1, 0.15) is 6.04 Å². The van der Waals surface area contributed by atoms with Crippen molar-refractivity contribution in [3.8, 4) is 0 Å². The van der Waals surface area contributed by atoms with Crippen molar-refractivity contribution in [1.29, 1.82) is 0 Å². The van der Waals surface area contributed by atoms with E-state index in [4.69, 9.17) is 11.6 Å². The highest BCUT2D eigenvalue weighted by atomic mass is 35.5. The molecule has 0 fully saturated rings. The fourth-order valence-electron chi connectivity index (χ4n) is 2.49. The Morgan fingerprint density at radius 2 is 1.54 bits per heavy atom. The number of carbonyl (C=O) groups is 1. The van der Waals surface area contributed by atoms with Crippen molar-refractivity contribution in [2.45, 2.75) is 41.5 Å². The summed E-state index contributed by atoms with van der Waals surface area (Å²) in [5.41, 5.74) is 0.287. The maximum atomic E-state index is 12.8. The van der Waals surface area contributed by atoms with Crippen LogP contribution in [0.4, 0.5) is 0 Å². The number of hydrogen-bond acceptors (Lipinski definition) is 5. The van der Waals surface area contributed by atoms with E-state index in [0.29, 0.717) is 5.02 Å². The monoisotopic (exact) mass is 445 g/mol. The average Bonchev–Trinajstić information content (AvgIpc) is 2.59. The Labute approximate surface area is 169 Å². The molecule has 0 heterocycles. The molecule has 0 spiro atoms. The Hall–Kier alpha value is -1.94. The maximum Gasteiger partial charge on any atom is 0.322 e. The zero-order chi connectivity index (χ0) is 21.3. The maximum absolute atomic E-state index is 12.8. The van der Waals surface area contributed by atoms with Gasteiger partial charge in [0.05, 0.1) is 14.7 Å². The van der Waals surface area contributed by atoms with Crippen molar-refractivity contribution in [1.82, 2.24) is 4.72 Å². The Morgan fingerprint density at radius 3 is 2.04 bits per heavy atom. The first kappa shape index (κ1) is 22.4. The second-order valence-electron chi connectivity index (χ2n) is 6.57. The van der Waals surface area contributed by atoms with Crippen LogP contribution in [0.3, 0.4) is 0 Å². The summed E-state index contributed by atoms with van der Waals surface area (Å²) in [5.74, 6) is -1.82. The SMILES string of the molecule is Cc1ccc(S(=O)(=O)c2ccc(Cl)cc2)cc1S(=O)(=O)N[C@H](C(=O)O)C(C)C. The number of carboxylic acids is 1. The number of carboxylic acid groups (broad SMARTS) is 1. The number of sulfone groups is 1. The summed E-state index contributed by atoms with van der Waals surface area (Å²) >= 11 is 5.78. The molecule has 2 rings (SSSR count). The molecule has 0 amide bonds. The molecule has 0 aromatic heterocycles. The van der Waals surface area contributed by atoms with Crippen LogP contribution >= 0.6 is 11.6 Å². The van der Waals surface area contributed by atoms with E-state index >= 15 is 0 Å². The lowest BCUT2D eigenvalue weighted by molar-refractivity contribution is -0.140. The lowest BCUT2D eigenvalue weighted by Gasteiger charge is -2.19. The lowest BCUT2D eigenvalue weighted by atomic mass is 10.1. The van der Waals surface area contributed by atoms with Gasteiger partial charge in [0.2, 0.25) is 19.9 Å². The number of sulfonamides is 1. The molecule has 28 heavy (non-hydrogen) atoms. The highest BCUT2D eigenvalue weighted by Crippen LogP contribution is 2.26. The fraction of sp³-hybridized carbons (Fsp3) is 0.278. The van der Waals surface area contributed by atoms with Gasteiger partial charge in [-0.2, -0.15) is 4.72 Å². The highest BCUT2D eigenvalue weighted by Gasteiger charge is 2.30. The first-order valence-electron chi connectivity index (χ1n) is 8.22. The summed E-state index contributed by atoms with van der Waals surface area (Å²) in [6.07, 6.45) is 0. The van der Waals surface area contributed by atoms with E-state index in [-0.39, 0.29) is 20.2 Å². The van der Waals surface area contributed by atoms with E-state index in [1.54, 1.807) is 13.8 Å². The minimum atomic E-state index is -4.27. The van der Waals surface area contributed by atoms with Crippen LogP contribution in [0.2, 0.25) is 5.02 Å². The number of halogens is 1. The summed E-state index contributed by atoms with van der Waals surface area (Å²) in [5, 5.41) is 9.61. The van der Waals surface area contributed by atoms with Crippen molar-refractivity contribution >= 4 is 37.4 Å². The van der Waals surface area contributed by atoms with Gasteiger partial charge in [-0.1, -0.05) is 31.5 Å². The largest absolute Gasteiger partial charge is 0.480 e. The van der Waals surface area contributed by atoms with Crippen LogP contribution in [-0.2, 0) is 24.7 Å². The molecule has 10 heteroatoms. The minimum Gasteiger partial charge on any atom is -0.480 e. The molecule has 0 aliphatic rings. The van der Waals surface area contributed by atoms with Crippen LogP contribution in [-0.4, -0.2) is 34.0 Å². The lowest BCUT2D eigenvalue weighted by Crippen LogP contribution is -2.44. The van der Waals surface area contributed by atoms with Crippen LogP contribution in [0.25, 0.3) is 0 Å². The van der Waals surface area contributed by atoms with E-state index in [9.17, 15) is 26.7 Å². The first-order valence-corrected chi connectivity index (χ1v) is 11.6. The van der Waals surface area contributed by atoms with Gasteiger partial charge in [0.25, 0.3) is 0 Å². The van der Waals surface area contributed by atoms with Gasteiger partial charge >= 0.3 is 5.97 Å². The molecule has 0 saturated carbocycles. The summed E-state index contributed by atoms with van der Waals surface area (Å²) in [6.45, 7) is 4.63. The predicted molar refractivity (Wildman–Crippen MR) is 105 cm³/mol. The normalized spacial score (nSPS) is 13.5. The molecule has 2 aromatic carbocycles. The van der Waals surface area contributed by atoms with Gasteiger partial charge in [-0.25, -0.2) is 16.8 Å². The molecule has 152 valence electrons. The van der Waals surface area contributed by atoms with Crippen LogP contribution in [0.15, 0.2) is 57.2 Å². The molecular formula is C18H20ClNO6S2. The molecule has 1 atom stereocenters. The zero-order valence-corrected chi connectivity index (χ0v) is 17.8. The van der Waals surface area contributed by atoms with Crippen molar-refractivity contribution in [3.05, 3.63) is 53.1 Å². The zero-order valence-electron chi connectivity index (χ0n) is 15.4. The fourth-order valence-corrected chi connectivity index (χ4v) is 5.58. The molecule has 2 N–H and O–H groups in total. The van der Waals surface area contributed by atoms with Crippen molar-refractivity contribution in [2.24, 2.45) is 5.92 Å². The third-order valence-corrected chi connectivity index (χ3v) is 7.70. The van der Waals surface area contributed by atoms with Gasteiger partial charge in [-0.05, 0) is 54.8 Å². The molecule has 0 unspecified atom stereocenters. The van der Waals surface area contributed by atoms with Gasteiger partial charge < -0.3 is 5.11 Å². The topological polar surface area (TPSA) is 118 Å². The van der Waals surface area contributed by atoms with E-state index in [1.165, 1.54) is 43.3 Å². The molecule has 0 aliphatic carbocycles. The number of nitrogens with one attached hydrogen (secondary N) is 1. The van der Waals surface area contributed by atoms with E-state index < -0.39 is 37.8 Å². The van der Waals surface area contributed by atoms with Crippen LogP contribution in [0.1, 0.15) is 19.4 Å². The molecule has 0 bridgehead atoms. The second kappa shape index (κ2) is 8.20. The molecular weight excluding hydrogens is 426 g/mol. The van der Waals surface area contributed by atoms with E-state index in [2.05, 4.69) is 4.72 Å². The molecule has 0 aliphatic heterocycles. The highest BCUT2D eigenvalue weighted by molar-refractivity contribution is 7.91. The molecule has 0 saturated heterocycles.